The van der Waals surface area contributed by atoms with Crippen LogP contribution in [0.5, 0.6) is 0 Å². The summed E-state index contributed by atoms with van der Waals surface area (Å²) in [4.78, 5) is 22.5. The molecule has 0 atom stereocenters. The number of anilines is 1. The van der Waals surface area contributed by atoms with E-state index in [9.17, 15) is 9.18 Å². The Hall–Kier alpha value is -3.01. The molecule has 3 heterocycles. The molecular weight excluding hydrogens is 537 g/mol. The standard InChI is InChI=1S/C28H29BrFN5O2/c29-19-8-9-20-22(16-19)32-27(33-26(20)18-4-3-5-18)25-24(36)17-35(23-7-2-1-6-21(23)30)28(25)31-10-11-34-12-14-37-15-13-34/h1-2,6-9,16,31H,3-5,10-15,17H2,(H,32,33). The van der Waals surface area contributed by atoms with Gasteiger partial charge in [0.15, 0.2) is 5.78 Å². The molecule has 1 aliphatic carbocycles. The molecule has 2 aromatic carbocycles. The van der Waals surface area contributed by atoms with E-state index in [2.05, 4.69) is 37.5 Å². The van der Waals surface area contributed by atoms with Crippen molar-refractivity contribution in [3.8, 4) is 0 Å². The third kappa shape index (κ3) is 4.83. The molecule has 0 spiro atoms. The Morgan fingerprint density at radius 1 is 1.14 bits per heavy atom. The maximum absolute atomic E-state index is 14.9. The van der Waals surface area contributed by atoms with Crippen LogP contribution in [0.3, 0.4) is 0 Å². The van der Waals surface area contributed by atoms with E-state index in [1.165, 1.54) is 11.6 Å². The summed E-state index contributed by atoms with van der Waals surface area (Å²) in [5.74, 6) is 0.637. The Balaban J connectivity index is 1.40. The fourth-order valence-corrected chi connectivity index (χ4v) is 5.52. The summed E-state index contributed by atoms with van der Waals surface area (Å²) in [6.45, 7) is 4.65. The summed E-state index contributed by atoms with van der Waals surface area (Å²) < 4.78 is 21.3. The zero-order valence-electron chi connectivity index (χ0n) is 20.5. The number of carbonyl (C=O) groups is 1. The third-order valence-electron chi connectivity index (χ3n) is 7.31. The molecule has 2 fully saturated rings. The van der Waals surface area contributed by atoms with Crippen molar-refractivity contribution in [3.63, 3.8) is 0 Å². The molecule has 6 rings (SSSR count). The Morgan fingerprint density at radius 2 is 1.95 bits per heavy atom. The predicted octanol–water partition coefficient (Wildman–Crippen LogP) is 4.34. The van der Waals surface area contributed by atoms with Gasteiger partial charge in [-0.15, -0.1) is 0 Å². The van der Waals surface area contributed by atoms with Gasteiger partial charge in [0.1, 0.15) is 23.0 Å². The lowest BCUT2D eigenvalue weighted by Gasteiger charge is -2.29. The van der Waals surface area contributed by atoms with Crippen LogP contribution in [0.2, 0.25) is 0 Å². The van der Waals surface area contributed by atoms with Crippen molar-refractivity contribution in [2.75, 3.05) is 50.8 Å². The van der Waals surface area contributed by atoms with E-state index < -0.39 is 0 Å². The topological polar surface area (TPSA) is 69.2 Å². The lowest BCUT2D eigenvalue weighted by molar-refractivity contribution is -0.113. The SMILES string of the molecule is O=C1CN(c2ccccc2F)C(NCCN2CCOCC2)=C1C1=Nc2cc(Br)ccc2C(=C2CCC2)N1. The first-order chi connectivity index (χ1) is 18.1. The average molecular weight is 566 g/mol. The molecule has 1 saturated heterocycles. The van der Waals surface area contributed by atoms with Crippen molar-refractivity contribution < 1.29 is 13.9 Å². The van der Waals surface area contributed by atoms with Gasteiger partial charge >= 0.3 is 0 Å². The van der Waals surface area contributed by atoms with Gasteiger partial charge in [0.05, 0.1) is 31.1 Å². The van der Waals surface area contributed by atoms with Crippen molar-refractivity contribution >= 4 is 44.6 Å². The van der Waals surface area contributed by atoms with Crippen molar-refractivity contribution in [1.29, 1.82) is 0 Å². The predicted molar refractivity (Wildman–Crippen MR) is 146 cm³/mol. The number of morpholine rings is 1. The summed E-state index contributed by atoms with van der Waals surface area (Å²) in [6.07, 6.45) is 3.23. The molecule has 4 aliphatic rings. The van der Waals surface area contributed by atoms with E-state index in [0.29, 0.717) is 29.5 Å². The number of nitrogens with one attached hydrogen (secondary N) is 2. The molecule has 9 heteroatoms. The normalized spacial score (nSPS) is 20.0. The number of halogens is 2. The largest absolute Gasteiger partial charge is 0.379 e. The molecule has 0 aromatic heterocycles. The van der Waals surface area contributed by atoms with Gasteiger partial charge in [-0.05, 0) is 55.2 Å². The minimum Gasteiger partial charge on any atom is -0.379 e. The highest BCUT2D eigenvalue weighted by Crippen LogP contribution is 2.40. The molecule has 3 aliphatic heterocycles. The number of benzene rings is 2. The number of ether oxygens (including phenoxy) is 1. The Bertz CT molecular complexity index is 1330. The van der Waals surface area contributed by atoms with Crippen LogP contribution in [0.4, 0.5) is 15.8 Å². The monoisotopic (exact) mass is 565 g/mol. The zero-order valence-corrected chi connectivity index (χ0v) is 22.1. The number of ketones is 1. The summed E-state index contributed by atoms with van der Waals surface area (Å²) >= 11 is 3.57. The van der Waals surface area contributed by atoms with E-state index in [4.69, 9.17) is 9.73 Å². The molecule has 2 aromatic rings. The number of nitrogens with zero attached hydrogens (tertiary/aromatic N) is 3. The van der Waals surface area contributed by atoms with Crippen LogP contribution in [-0.4, -0.2) is 62.5 Å². The molecule has 7 nitrogen and oxygen atoms in total. The summed E-state index contributed by atoms with van der Waals surface area (Å²) in [6, 6.07) is 12.6. The van der Waals surface area contributed by atoms with E-state index in [-0.39, 0.29) is 18.1 Å². The van der Waals surface area contributed by atoms with Crippen LogP contribution in [0.1, 0.15) is 24.8 Å². The minimum absolute atomic E-state index is 0.0497. The minimum atomic E-state index is -0.367. The molecule has 37 heavy (non-hydrogen) atoms. The molecule has 0 amide bonds. The van der Waals surface area contributed by atoms with Crippen LogP contribution in [0, 0.1) is 5.82 Å². The lowest BCUT2D eigenvalue weighted by atomic mass is 9.87. The lowest BCUT2D eigenvalue weighted by Crippen LogP contribution is -2.41. The Morgan fingerprint density at radius 3 is 2.70 bits per heavy atom. The fourth-order valence-electron chi connectivity index (χ4n) is 5.17. The number of carbonyl (C=O) groups excluding carboxylic acids is 1. The van der Waals surface area contributed by atoms with Gasteiger partial charge < -0.3 is 20.3 Å². The second-order valence-electron chi connectivity index (χ2n) is 9.64. The van der Waals surface area contributed by atoms with E-state index in [1.54, 1.807) is 23.1 Å². The molecule has 2 N–H and O–H groups in total. The number of para-hydroxylation sites is 1. The smallest absolute Gasteiger partial charge is 0.189 e. The highest BCUT2D eigenvalue weighted by atomic mass is 79.9. The number of amidine groups is 1. The number of rotatable bonds is 6. The van der Waals surface area contributed by atoms with Crippen LogP contribution >= 0.6 is 15.9 Å². The van der Waals surface area contributed by atoms with Gasteiger partial charge in [-0.1, -0.05) is 28.1 Å². The summed E-state index contributed by atoms with van der Waals surface area (Å²) in [7, 11) is 0. The molecular formula is C28H29BrFN5O2. The number of allylic oxidation sites excluding steroid dienone is 1. The third-order valence-corrected chi connectivity index (χ3v) is 7.80. The Kier molecular flexibility index (Phi) is 6.84. The van der Waals surface area contributed by atoms with Crippen molar-refractivity contribution in [2.24, 2.45) is 4.99 Å². The molecule has 192 valence electrons. The average Bonchev–Trinajstić information content (AvgIpc) is 3.19. The van der Waals surface area contributed by atoms with Gasteiger partial charge in [0.25, 0.3) is 0 Å². The number of aliphatic imine (C=N–C) groups is 1. The van der Waals surface area contributed by atoms with Gasteiger partial charge in [0, 0.05) is 41.9 Å². The Labute approximate surface area is 224 Å². The van der Waals surface area contributed by atoms with Crippen molar-refractivity contribution in [1.82, 2.24) is 15.5 Å². The number of hydrogen-bond acceptors (Lipinski definition) is 7. The van der Waals surface area contributed by atoms with E-state index in [0.717, 1.165) is 73.5 Å². The maximum atomic E-state index is 14.9. The molecule has 0 bridgehead atoms. The highest BCUT2D eigenvalue weighted by Gasteiger charge is 2.37. The van der Waals surface area contributed by atoms with Gasteiger partial charge in [-0.25, -0.2) is 9.38 Å². The van der Waals surface area contributed by atoms with Crippen LogP contribution in [0.25, 0.3) is 5.70 Å². The first kappa shape index (κ1) is 24.3. The molecule has 0 radical (unpaired) electrons. The van der Waals surface area contributed by atoms with Gasteiger partial charge in [-0.2, -0.15) is 0 Å². The first-order valence-corrected chi connectivity index (χ1v) is 13.6. The van der Waals surface area contributed by atoms with Crippen LogP contribution in [0.15, 0.2) is 68.9 Å². The van der Waals surface area contributed by atoms with Crippen molar-refractivity contribution in [2.45, 2.75) is 19.3 Å². The molecule has 1 saturated carbocycles. The number of hydrogen-bond donors (Lipinski definition) is 2. The van der Waals surface area contributed by atoms with Gasteiger partial charge in [0.2, 0.25) is 0 Å². The summed E-state index contributed by atoms with van der Waals surface area (Å²) in [5.41, 5.74) is 5.08. The van der Waals surface area contributed by atoms with E-state index >= 15 is 0 Å². The highest BCUT2D eigenvalue weighted by molar-refractivity contribution is 9.10. The van der Waals surface area contributed by atoms with Crippen molar-refractivity contribution in [3.05, 3.63) is 75.3 Å². The molecule has 0 unspecified atom stereocenters. The quantitative estimate of drug-likeness (QED) is 0.543. The van der Waals surface area contributed by atoms with Crippen LogP contribution < -0.4 is 15.5 Å². The first-order valence-electron chi connectivity index (χ1n) is 12.8. The summed E-state index contributed by atoms with van der Waals surface area (Å²) in [5, 5.41) is 6.99. The zero-order chi connectivity index (χ0) is 25.4. The second kappa shape index (κ2) is 10.4. The second-order valence-corrected chi connectivity index (χ2v) is 10.6. The van der Waals surface area contributed by atoms with Crippen LogP contribution in [-0.2, 0) is 9.53 Å². The fraction of sp³-hybridized carbons (Fsp3) is 0.357. The number of fused-ring (bicyclic) bond motifs is 1. The number of Topliss-reactive ketones (excluding diaryl/α,β-unsaturated/α-hetero) is 1. The maximum Gasteiger partial charge on any atom is 0.189 e. The van der Waals surface area contributed by atoms with Gasteiger partial charge in [-0.3, -0.25) is 9.69 Å². The van der Waals surface area contributed by atoms with E-state index in [1.807, 2.05) is 12.1 Å².